The van der Waals surface area contributed by atoms with Crippen molar-refractivity contribution >= 4 is 22.3 Å². The Morgan fingerprint density at radius 2 is 1.95 bits per heavy atom. The minimum absolute atomic E-state index is 0.518. The first kappa shape index (κ1) is 12.4. The quantitative estimate of drug-likeness (QED) is 0.915. The Morgan fingerprint density at radius 3 is 2.58 bits per heavy atom. The summed E-state index contributed by atoms with van der Waals surface area (Å²) in [5.74, 6) is 1.06. The van der Waals surface area contributed by atoms with Crippen LogP contribution in [0.4, 0.5) is 10.9 Å². The van der Waals surface area contributed by atoms with Crippen LogP contribution in [0.1, 0.15) is 5.69 Å². The van der Waals surface area contributed by atoms with E-state index < -0.39 is 0 Å². The first-order chi connectivity index (χ1) is 9.36. The third-order valence-electron chi connectivity index (χ3n) is 3.27. The Morgan fingerprint density at radius 1 is 1.16 bits per heavy atom. The van der Waals surface area contributed by atoms with Crippen molar-refractivity contribution in [1.82, 2.24) is 9.97 Å². The van der Waals surface area contributed by atoms with Crippen LogP contribution in [-0.2, 0) is 6.54 Å². The number of thiazole rings is 1. The summed E-state index contributed by atoms with van der Waals surface area (Å²) in [7, 11) is 0. The fraction of sp³-hybridized carbons (Fsp3) is 0.385. The van der Waals surface area contributed by atoms with E-state index in [0.717, 1.165) is 42.8 Å². The number of hydrogen-bond acceptors (Lipinski definition) is 6. The van der Waals surface area contributed by atoms with Crippen LogP contribution in [0.5, 0.6) is 0 Å². The highest BCUT2D eigenvalue weighted by Gasteiger charge is 2.19. The van der Waals surface area contributed by atoms with Crippen molar-refractivity contribution in [3.05, 3.63) is 35.5 Å². The van der Waals surface area contributed by atoms with Crippen LogP contribution < -0.4 is 15.5 Å². The standard InChI is InChI=1S/C13H17N5S/c14-9-11-10-19-13(16-11)18-7-5-17(6-8-18)12-3-1-2-4-15-12/h1-4,10H,5-9,14H2. The number of aromatic nitrogens is 2. The maximum atomic E-state index is 5.60. The predicted octanol–water partition coefficient (Wildman–Crippen LogP) is 1.32. The molecule has 0 atom stereocenters. The molecule has 3 heterocycles. The number of anilines is 2. The van der Waals surface area contributed by atoms with Crippen molar-refractivity contribution in [1.29, 1.82) is 0 Å². The van der Waals surface area contributed by atoms with E-state index in [9.17, 15) is 0 Å². The number of nitrogens with two attached hydrogens (primary N) is 1. The van der Waals surface area contributed by atoms with Crippen LogP contribution in [-0.4, -0.2) is 36.1 Å². The summed E-state index contributed by atoms with van der Waals surface area (Å²) in [6, 6.07) is 6.04. The van der Waals surface area contributed by atoms with Gasteiger partial charge in [-0.2, -0.15) is 0 Å². The lowest BCUT2D eigenvalue weighted by Gasteiger charge is -2.35. The lowest BCUT2D eigenvalue weighted by atomic mass is 10.3. The largest absolute Gasteiger partial charge is 0.353 e. The minimum atomic E-state index is 0.518. The van der Waals surface area contributed by atoms with Gasteiger partial charge >= 0.3 is 0 Å². The van der Waals surface area contributed by atoms with E-state index >= 15 is 0 Å². The van der Waals surface area contributed by atoms with E-state index in [4.69, 9.17) is 5.73 Å². The third kappa shape index (κ3) is 2.69. The van der Waals surface area contributed by atoms with Gasteiger partial charge in [-0.15, -0.1) is 11.3 Å². The summed E-state index contributed by atoms with van der Waals surface area (Å²) >= 11 is 1.68. The van der Waals surface area contributed by atoms with Crippen molar-refractivity contribution in [3.8, 4) is 0 Å². The van der Waals surface area contributed by atoms with Crippen LogP contribution in [0.15, 0.2) is 29.8 Å². The smallest absolute Gasteiger partial charge is 0.185 e. The molecule has 0 radical (unpaired) electrons. The van der Waals surface area contributed by atoms with Crippen molar-refractivity contribution < 1.29 is 0 Å². The second kappa shape index (κ2) is 5.54. The third-order valence-corrected chi connectivity index (χ3v) is 4.22. The summed E-state index contributed by atoms with van der Waals surface area (Å²) in [6.07, 6.45) is 1.84. The molecule has 1 aliphatic rings. The molecule has 0 aliphatic carbocycles. The van der Waals surface area contributed by atoms with Gasteiger partial charge in [0.2, 0.25) is 0 Å². The Bertz CT molecular complexity index is 519. The lowest BCUT2D eigenvalue weighted by molar-refractivity contribution is 0.645. The second-order valence-electron chi connectivity index (χ2n) is 4.49. The van der Waals surface area contributed by atoms with E-state index in [-0.39, 0.29) is 0 Å². The number of nitrogens with zero attached hydrogens (tertiary/aromatic N) is 4. The van der Waals surface area contributed by atoms with Crippen molar-refractivity contribution in [3.63, 3.8) is 0 Å². The minimum Gasteiger partial charge on any atom is -0.353 e. The fourth-order valence-corrected chi connectivity index (χ4v) is 3.09. The summed E-state index contributed by atoms with van der Waals surface area (Å²) in [5.41, 5.74) is 6.58. The molecule has 2 N–H and O–H groups in total. The van der Waals surface area contributed by atoms with Crippen LogP contribution in [0, 0.1) is 0 Å². The molecule has 100 valence electrons. The molecule has 3 rings (SSSR count). The maximum Gasteiger partial charge on any atom is 0.185 e. The maximum absolute atomic E-state index is 5.60. The Balaban J connectivity index is 1.63. The van der Waals surface area contributed by atoms with Gasteiger partial charge in [0.15, 0.2) is 5.13 Å². The molecule has 0 bridgehead atoms. The molecule has 0 unspecified atom stereocenters. The zero-order chi connectivity index (χ0) is 13.1. The number of rotatable bonds is 3. The molecular weight excluding hydrogens is 258 g/mol. The van der Waals surface area contributed by atoms with Gasteiger partial charge in [-0.05, 0) is 12.1 Å². The Hall–Kier alpha value is -1.66. The normalized spacial score (nSPS) is 15.8. The molecule has 1 fully saturated rings. The van der Waals surface area contributed by atoms with Crippen molar-refractivity contribution in [2.24, 2.45) is 5.73 Å². The predicted molar refractivity (Wildman–Crippen MR) is 78.7 cm³/mol. The Kier molecular flexibility index (Phi) is 3.61. The molecule has 1 saturated heterocycles. The average molecular weight is 275 g/mol. The monoisotopic (exact) mass is 275 g/mol. The van der Waals surface area contributed by atoms with Crippen molar-refractivity contribution in [2.75, 3.05) is 36.0 Å². The number of piperazine rings is 1. The molecule has 0 amide bonds. The molecule has 0 aromatic carbocycles. The molecule has 0 spiro atoms. The van der Waals surface area contributed by atoms with E-state index in [2.05, 4.69) is 25.8 Å². The first-order valence-corrected chi connectivity index (χ1v) is 7.30. The van der Waals surface area contributed by atoms with Gasteiger partial charge in [-0.25, -0.2) is 9.97 Å². The van der Waals surface area contributed by atoms with Gasteiger partial charge < -0.3 is 15.5 Å². The zero-order valence-corrected chi connectivity index (χ0v) is 11.5. The van der Waals surface area contributed by atoms with E-state index in [1.54, 1.807) is 11.3 Å². The zero-order valence-electron chi connectivity index (χ0n) is 10.7. The van der Waals surface area contributed by atoms with E-state index in [0.29, 0.717) is 6.54 Å². The summed E-state index contributed by atoms with van der Waals surface area (Å²) in [4.78, 5) is 13.6. The lowest BCUT2D eigenvalue weighted by Crippen LogP contribution is -2.46. The SMILES string of the molecule is NCc1csc(N2CCN(c3ccccn3)CC2)n1. The second-order valence-corrected chi connectivity index (χ2v) is 5.32. The number of pyridine rings is 1. The van der Waals surface area contributed by atoms with Crippen LogP contribution in [0.25, 0.3) is 0 Å². The number of hydrogen-bond donors (Lipinski definition) is 1. The Labute approximate surface area is 116 Å². The summed E-state index contributed by atoms with van der Waals surface area (Å²) in [5, 5.41) is 3.13. The van der Waals surface area contributed by atoms with Crippen LogP contribution in [0.2, 0.25) is 0 Å². The molecule has 5 nitrogen and oxygen atoms in total. The van der Waals surface area contributed by atoms with Crippen molar-refractivity contribution in [2.45, 2.75) is 6.54 Å². The molecule has 6 heteroatoms. The van der Waals surface area contributed by atoms with Gasteiger partial charge in [0, 0.05) is 44.3 Å². The molecule has 2 aromatic heterocycles. The van der Waals surface area contributed by atoms with Gasteiger partial charge in [0.05, 0.1) is 5.69 Å². The van der Waals surface area contributed by atoms with Gasteiger partial charge in [-0.3, -0.25) is 0 Å². The molecule has 2 aromatic rings. The fourth-order valence-electron chi connectivity index (χ4n) is 2.20. The average Bonchev–Trinajstić information content (AvgIpc) is 2.97. The van der Waals surface area contributed by atoms with E-state index in [1.165, 1.54) is 0 Å². The summed E-state index contributed by atoms with van der Waals surface area (Å²) < 4.78 is 0. The highest BCUT2D eigenvalue weighted by molar-refractivity contribution is 7.13. The van der Waals surface area contributed by atoms with Gasteiger partial charge in [0.1, 0.15) is 5.82 Å². The molecule has 0 saturated carbocycles. The van der Waals surface area contributed by atoms with Gasteiger partial charge in [-0.1, -0.05) is 6.07 Å². The molecule has 19 heavy (non-hydrogen) atoms. The van der Waals surface area contributed by atoms with E-state index in [1.807, 2.05) is 23.7 Å². The topological polar surface area (TPSA) is 58.3 Å². The molecule has 1 aliphatic heterocycles. The van der Waals surface area contributed by atoms with Crippen LogP contribution in [0.3, 0.4) is 0 Å². The summed E-state index contributed by atoms with van der Waals surface area (Å²) in [6.45, 7) is 4.44. The molecular formula is C13H17N5S. The van der Waals surface area contributed by atoms with Gasteiger partial charge in [0.25, 0.3) is 0 Å². The highest BCUT2D eigenvalue weighted by Crippen LogP contribution is 2.22. The highest BCUT2D eigenvalue weighted by atomic mass is 32.1. The first-order valence-electron chi connectivity index (χ1n) is 6.42. The van der Waals surface area contributed by atoms with Crippen LogP contribution >= 0.6 is 11.3 Å².